The van der Waals surface area contributed by atoms with Crippen LogP contribution in [0.3, 0.4) is 0 Å². The van der Waals surface area contributed by atoms with Gasteiger partial charge in [-0.05, 0) is 48.6 Å². The Hall–Kier alpha value is -3.15. The summed E-state index contributed by atoms with van der Waals surface area (Å²) in [5.74, 6) is -0.556. The highest BCUT2D eigenvalue weighted by Crippen LogP contribution is 2.33. The Balaban J connectivity index is 1.69. The van der Waals surface area contributed by atoms with Gasteiger partial charge in [-0.1, -0.05) is 74.5 Å². The van der Waals surface area contributed by atoms with E-state index in [9.17, 15) is 19.5 Å². The zero-order chi connectivity index (χ0) is 24.5. The van der Waals surface area contributed by atoms with Gasteiger partial charge in [0, 0.05) is 18.8 Å². The van der Waals surface area contributed by atoms with Gasteiger partial charge in [-0.25, -0.2) is 4.79 Å². The highest BCUT2D eigenvalue weighted by atomic mass is 16.4. The van der Waals surface area contributed by atoms with Gasteiger partial charge in [-0.2, -0.15) is 0 Å². The van der Waals surface area contributed by atoms with Gasteiger partial charge < -0.3 is 15.7 Å². The van der Waals surface area contributed by atoms with E-state index in [1.54, 1.807) is 0 Å². The first-order valence-electron chi connectivity index (χ1n) is 12.2. The van der Waals surface area contributed by atoms with Gasteiger partial charge in [0.15, 0.2) is 0 Å². The Morgan fingerprint density at radius 1 is 0.794 bits per heavy atom. The molecule has 2 unspecified atom stereocenters. The van der Waals surface area contributed by atoms with E-state index in [-0.39, 0.29) is 18.2 Å². The van der Waals surface area contributed by atoms with E-state index in [0.29, 0.717) is 18.3 Å². The standard InChI is InChI=1S/C28H36N2O4/c1-19(2)22-13-15-23(16-14-22)26(31)29-24(17-20-9-5-3-6-10-20)27(32)30-25(28(33)34)18-21-11-7-4-8-12-21/h3-12,19,22-25H,13-18H2,1-2H3,(H,29,31)(H,30,32)(H,33,34). The van der Waals surface area contributed by atoms with Crippen LogP contribution in [-0.4, -0.2) is 35.0 Å². The summed E-state index contributed by atoms with van der Waals surface area (Å²) in [5, 5.41) is 15.3. The van der Waals surface area contributed by atoms with Gasteiger partial charge in [0.2, 0.25) is 11.8 Å². The lowest BCUT2D eigenvalue weighted by Gasteiger charge is -2.31. The van der Waals surface area contributed by atoms with Crippen LogP contribution in [-0.2, 0) is 27.2 Å². The third-order valence-electron chi connectivity index (χ3n) is 6.90. The van der Waals surface area contributed by atoms with Crippen molar-refractivity contribution in [3.05, 3.63) is 71.8 Å². The number of rotatable bonds is 10. The summed E-state index contributed by atoms with van der Waals surface area (Å²) in [6.07, 6.45) is 4.15. The number of carboxylic acid groups (broad SMARTS) is 1. The molecular weight excluding hydrogens is 428 g/mol. The maximum Gasteiger partial charge on any atom is 0.326 e. The van der Waals surface area contributed by atoms with Crippen molar-refractivity contribution in [2.24, 2.45) is 17.8 Å². The van der Waals surface area contributed by atoms with Crippen LogP contribution in [0, 0.1) is 17.8 Å². The largest absolute Gasteiger partial charge is 0.480 e. The van der Waals surface area contributed by atoms with Crippen molar-refractivity contribution in [3.63, 3.8) is 0 Å². The molecule has 1 fully saturated rings. The summed E-state index contributed by atoms with van der Waals surface area (Å²) in [4.78, 5) is 38.2. The minimum Gasteiger partial charge on any atom is -0.480 e. The van der Waals surface area contributed by atoms with Crippen molar-refractivity contribution in [3.8, 4) is 0 Å². The second kappa shape index (κ2) is 12.4. The molecule has 0 aromatic heterocycles. The molecule has 0 aliphatic heterocycles. The molecule has 0 heterocycles. The number of carbonyl (C=O) groups is 3. The molecule has 1 saturated carbocycles. The van der Waals surface area contributed by atoms with Crippen LogP contribution >= 0.6 is 0 Å². The number of carboxylic acids is 1. The maximum atomic E-state index is 13.2. The fourth-order valence-corrected chi connectivity index (χ4v) is 4.72. The first kappa shape index (κ1) is 25.5. The number of benzene rings is 2. The maximum absolute atomic E-state index is 13.2. The molecule has 3 rings (SSSR count). The Morgan fingerprint density at radius 3 is 1.76 bits per heavy atom. The number of carbonyl (C=O) groups excluding carboxylic acids is 2. The van der Waals surface area contributed by atoms with Crippen LogP contribution in [0.15, 0.2) is 60.7 Å². The van der Waals surface area contributed by atoms with Gasteiger partial charge >= 0.3 is 5.97 Å². The van der Waals surface area contributed by atoms with Gasteiger partial charge in [0.25, 0.3) is 0 Å². The predicted molar refractivity (Wildman–Crippen MR) is 132 cm³/mol. The van der Waals surface area contributed by atoms with Gasteiger partial charge in [-0.15, -0.1) is 0 Å². The van der Waals surface area contributed by atoms with E-state index in [2.05, 4.69) is 24.5 Å². The second-order valence-corrected chi connectivity index (χ2v) is 9.70. The molecule has 2 atom stereocenters. The fraction of sp³-hybridized carbons (Fsp3) is 0.464. The second-order valence-electron chi connectivity index (χ2n) is 9.70. The monoisotopic (exact) mass is 464 g/mol. The summed E-state index contributed by atoms with van der Waals surface area (Å²) in [6.45, 7) is 4.44. The van der Waals surface area contributed by atoms with Crippen molar-refractivity contribution < 1.29 is 19.5 Å². The molecule has 0 radical (unpaired) electrons. The average molecular weight is 465 g/mol. The molecule has 0 spiro atoms. The lowest BCUT2D eigenvalue weighted by molar-refractivity contribution is -0.142. The van der Waals surface area contributed by atoms with Crippen LogP contribution < -0.4 is 10.6 Å². The van der Waals surface area contributed by atoms with E-state index >= 15 is 0 Å². The predicted octanol–water partition coefficient (Wildman–Crippen LogP) is 3.99. The normalized spacial score (nSPS) is 19.7. The average Bonchev–Trinajstić information content (AvgIpc) is 2.84. The molecule has 6 heteroatoms. The lowest BCUT2D eigenvalue weighted by Crippen LogP contribution is -2.54. The molecule has 6 nitrogen and oxygen atoms in total. The molecule has 2 aromatic rings. The minimum atomic E-state index is -1.10. The van der Waals surface area contributed by atoms with Crippen LogP contribution in [0.4, 0.5) is 0 Å². The Kier molecular flexibility index (Phi) is 9.25. The summed E-state index contributed by atoms with van der Waals surface area (Å²) >= 11 is 0. The topological polar surface area (TPSA) is 95.5 Å². The Morgan fingerprint density at radius 2 is 1.29 bits per heavy atom. The molecule has 2 aromatic carbocycles. The van der Waals surface area contributed by atoms with Crippen molar-refractivity contribution in [1.82, 2.24) is 10.6 Å². The molecule has 2 amide bonds. The number of hydrogen-bond acceptors (Lipinski definition) is 3. The number of amides is 2. The van der Waals surface area contributed by atoms with Crippen LogP contribution in [0.1, 0.15) is 50.7 Å². The van der Waals surface area contributed by atoms with E-state index in [1.807, 2.05) is 60.7 Å². The molecule has 1 aliphatic rings. The van der Waals surface area contributed by atoms with Crippen LogP contribution in [0.5, 0.6) is 0 Å². The van der Waals surface area contributed by atoms with Gasteiger partial charge in [0.05, 0.1) is 0 Å². The summed E-state index contributed by atoms with van der Waals surface area (Å²) in [6, 6.07) is 16.7. The molecular formula is C28H36N2O4. The Labute approximate surface area is 202 Å². The van der Waals surface area contributed by atoms with E-state index < -0.39 is 24.0 Å². The van der Waals surface area contributed by atoms with Crippen LogP contribution in [0.2, 0.25) is 0 Å². The van der Waals surface area contributed by atoms with E-state index in [1.165, 1.54) is 0 Å². The molecule has 0 saturated heterocycles. The minimum absolute atomic E-state index is 0.110. The highest BCUT2D eigenvalue weighted by Gasteiger charge is 2.32. The third-order valence-corrected chi connectivity index (χ3v) is 6.90. The zero-order valence-corrected chi connectivity index (χ0v) is 20.1. The quantitative estimate of drug-likeness (QED) is 0.495. The van der Waals surface area contributed by atoms with Crippen molar-refractivity contribution in [2.45, 2.75) is 64.5 Å². The van der Waals surface area contributed by atoms with E-state index in [0.717, 1.165) is 36.8 Å². The molecule has 34 heavy (non-hydrogen) atoms. The Bertz CT molecular complexity index is 937. The summed E-state index contributed by atoms with van der Waals surface area (Å²) in [5.41, 5.74) is 1.72. The van der Waals surface area contributed by atoms with Crippen molar-refractivity contribution in [1.29, 1.82) is 0 Å². The summed E-state index contributed by atoms with van der Waals surface area (Å²) in [7, 11) is 0. The molecule has 0 bridgehead atoms. The first-order valence-corrected chi connectivity index (χ1v) is 12.2. The van der Waals surface area contributed by atoms with Crippen molar-refractivity contribution >= 4 is 17.8 Å². The SMILES string of the molecule is CC(C)C1CCC(C(=O)NC(Cc2ccccc2)C(=O)NC(Cc2ccccc2)C(=O)O)CC1. The first-order chi connectivity index (χ1) is 16.3. The van der Waals surface area contributed by atoms with E-state index in [4.69, 9.17) is 0 Å². The molecule has 3 N–H and O–H groups in total. The lowest BCUT2D eigenvalue weighted by atomic mass is 9.76. The number of nitrogens with one attached hydrogen (secondary N) is 2. The van der Waals surface area contributed by atoms with Gasteiger partial charge in [0.1, 0.15) is 12.1 Å². The molecule has 1 aliphatic carbocycles. The zero-order valence-electron chi connectivity index (χ0n) is 20.1. The smallest absolute Gasteiger partial charge is 0.326 e. The highest BCUT2D eigenvalue weighted by molar-refractivity contribution is 5.91. The van der Waals surface area contributed by atoms with Gasteiger partial charge in [-0.3, -0.25) is 9.59 Å². The third kappa shape index (κ3) is 7.44. The number of hydrogen-bond donors (Lipinski definition) is 3. The number of aliphatic carboxylic acids is 1. The summed E-state index contributed by atoms with van der Waals surface area (Å²) < 4.78 is 0. The van der Waals surface area contributed by atoms with Crippen molar-refractivity contribution in [2.75, 3.05) is 0 Å². The van der Waals surface area contributed by atoms with Crippen LogP contribution in [0.25, 0.3) is 0 Å². The fourth-order valence-electron chi connectivity index (χ4n) is 4.72. The molecule has 182 valence electrons.